The van der Waals surface area contributed by atoms with E-state index in [0.29, 0.717) is 7.25 Å². The van der Waals surface area contributed by atoms with Crippen molar-refractivity contribution in [2.45, 2.75) is 20.3 Å². The number of benzene rings is 10. The van der Waals surface area contributed by atoms with Gasteiger partial charge in [-0.3, -0.25) is 0 Å². The fraction of sp³-hybridized carbons (Fsp3) is 0.0625. The van der Waals surface area contributed by atoms with E-state index in [-0.39, 0.29) is 0 Å². The van der Waals surface area contributed by atoms with Crippen LogP contribution in [0, 0.1) is 0 Å². The molecule has 2 aliphatic carbocycles. The molecule has 0 aliphatic heterocycles. The minimum atomic E-state index is -2.67. The van der Waals surface area contributed by atoms with Crippen LogP contribution in [0.1, 0.15) is 40.6 Å². The molecule has 10 aromatic carbocycles. The first kappa shape index (κ1) is 40.8. The first-order chi connectivity index (χ1) is 32.6. The topological polar surface area (TPSA) is 0 Å². The summed E-state index contributed by atoms with van der Waals surface area (Å²) in [6.07, 6.45) is 5.25. The fourth-order valence-corrected chi connectivity index (χ4v) is 33.6. The van der Waals surface area contributed by atoms with Gasteiger partial charge in [0.05, 0.1) is 0 Å². The predicted molar refractivity (Wildman–Crippen MR) is 283 cm³/mol. The summed E-state index contributed by atoms with van der Waals surface area (Å²) in [6, 6.07) is 86.7. The summed E-state index contributed by atoms with van der Waals surface area (Å²) in [7, 11) is 0. The molecular formula is C64H49SiZr. The Labute approximate surface area is 397 Å². The molecule has 0 heterocycles. The summed E-state index contributed by atoms with van der Waals surface area (Å²) in [5.74, 6) is -1.27. The van der Waals surface area contributed by atoms with E-state index in [0.717, 1.165) is 0 Å². The van der Waals surface area contributed by atoms with Crippen LogP contribution in [0.4, 0.5) is 0 Å². The number of rotatable bonds is 9. The third kappa shape index (κ3) is 6.98. The van der Waals surface area contributed by atoms with E-state index in [2.05, 4.69) is 256 Å². The molecule has 0 amide bonds. The van der Waals surface area contributed by atoms with E-state index in [1.807, 2.05) is 0 Å². The molecular weight excluding hydrogens is 888 g/mol. The third-order valence-electron chi connectivity index (χ3n) is 14.3. The summed E-state index contributed by atoms with van der Waals surface area (Å²) < 4.78 is 0.798. The van der Waals surface area contributed by atoms with Crippen LogP contribution in [-0.2, 0) is 20.9 Å². The molecule has 10 aromatic rings. The molecule has 2 atom stereocenters. The first-order valence-corrected chi connectivity index (χ1v) is 33.4. The average Bonchev–Trinajstić information content (AvgIpc) is 3.96. The zero-order chi connectivity index (χ0) is 44.1. The molecule has 0 bridgehead atoms. The van der Waals surface area contributed by atoms with Crippen LogP contribution in [0.5, 0.6) is 0 Å². The zero-order valence-corrected chi connectivity index (χ0v) is 40.9. The Kier molecular flexibility index (Phi) is 10.7. The standard InChI is InChI=1S/2C31H21.C2H7Si.Zr/c2*1-2-10-22(11-3-1)25-20-24-14-9-19-30(31(24)21-25)29-17-7-6-16-28(29)27-18-8-13-23-12-4-5-15-26(23)27;1-3-2;/h2*1-21H;3H,1-2H3;. The molecule has 66 heavy (non-hydrogen) atoms. The minimum absolute atomic E-state index is 0.399. The molecule has 0 aromatic heterocycles. The van der Waals surface area contributed by atoms with Gasteiger partial charge in [0.2, 0.25) is 0 Å². The second-order valence-corrected chi connectivity index (χ2v) is 38.3. The van der Waals surface area contributed by atoms with Gasteiger partial charge in [0, 0.05) is 0 Å². The average molecular weight is 937 g/mol. The Morgan fingerprint density at radius 2 is 0.621 bits per heavy atom. The zero-order valence-electron chi connectivity index (χ0n) is 37.3. The number of allylic oxidation sites excluding steroid dienone is 2. The van der Waals surface area contributed by atoms with Crippen LogP contribution in [0.25, 0.3) is 89.4 Å². The van der Waals surface area contributed by atoms with Gasteiger partial charge in [-0.25, -0.2) is 0 Å². The van der Waals surface area contributed by atoms with E-state index < -0.39 is 26.8 Å². The molecule has 0 radical (unpaired) electrons. The summed E-state index contributed by atoms with van der Waals surface area (Å²) in [4.78, 5) is 0. The number of fused-ring (bicyclic) bond motifs is 4. The SMILES string of the molecule is C[SiH](C)[Zr]([CH]1C(c2ccccc2)=Cc2c(-c3ccccc3-c3cccc4ccccc34)cccc21)[CH]1C(c2ccccc2)=Cc2c(-c3ccccc3-c3cccc4ccccc34)cccc21. The van der Waals surface area contributed by atoms with Gasteiger partial charge < -0.3 is 0 Å². The van der Waals surface area contributed by atoms with Crippen LogP contribution in [-0.4, -0.2) is 5.92 Å². The van der Waals surface area contributed by atoms with Gasteiger partial charge in [-0.15, -0.1) is 0 Å². The molecule has 0 N–H and O–H groups in total. The van der Waals surface area contributed by atoms with Crippen molar-refractivity contribution < 1.29 is 20.9 Å². The van der Waals surface area contributed by atoms with E-state index in [9.17, 15) is 0 Å². The monoisotopic (exact) mass is 935 g/mol. The second kappa shape index (κ2) is 17.3. The summed E-state index contributed by atoms with van der Waals surface area (Å²) in [5.41, 5.74) is 22.1. The van der Waals surface area contributed by atoms with Gasteiger partial charge in [0.15, 0.2) is 0 Å². The van der Waals surface area contributed by atoms with Crippen molar-refractivity contribution in [2.24, 2.45) is 0 Å². The van der Waals surface area contributed by atoms with Crippen LogP contribution < -0.4 is 0 Å². The Morgan fingerprint density at radius 1 is 0.303 bits per heavy atom. The Hall–Kier alpha value is -6.70. The Morgan fingerprint density at radius 3 is 1.05 bits per heavy atom. The summed E-state index contributed by atoms with van der Waals surface area (Å²) >= 11 is -2.67. The van der Waals surface area contributed by atoms with Crippen molar-refractivity contribution in [3.05, 3.63) is 264 Å². The van der Waals surface area contributed by atoms with E-state index >= 15 is 0 Å². The van der Waals surface area contributed by atoms with Gasteiger partial charge >= 0.3 is 400 Å². The fourth-order valence-electron chi connectivity index (χ4n) is 11.4. The molecule has 0 saturated carbocycles. The molecule has 0 nitrogen and oxygen atoms in total. The van der Waals surface area contributed by atoms with Crippen molar-refractivity contribution in [3.63, 3.8) is 0 Å². The van der Waals surface area contributed by atoms with Gasteiger partial charge in [-0.05, 0) is 0 Å². The van der Waals surface area contributed by atoms with Gasteiger partial charge in [0.25, 0.3) is 0 Å². The van der Waals surface area contributed by atoms with Crippen LogP contribution in [0.3, 0.4) is 0 Å². The molecule has 0 saturated heterocycles. The van der Waals surface area contributed by atoms with Crippen molar-refractivity contribution >= 4 is 50.8 Å². The van der Waals surface area contributed by atoms with Crippen molar-refractivity contribution in [2.75, 3.05) is 0 Å². The summed E-state index contributed by atoms with van der Waals surface area (Å²) in [6.45, 7) is 5.38. The number of hydrogen-bond acceptors (Lipinski definition) is 0. The number of hydrogen-bond donors (Lipinski definition) is 0. The molecule has 2 heteroatoms. The maximum absolute atomic E-state index is 2.69. The van der Waals surface area contributed by atoms with Crippen molar-refractivity contribution in [3.8, 4) is 44.5 Å². The van der Waals surface area contributed by atoms with Gasteiger partial charge in [-0.2, -0.15) is 0 Å². The quantitative estimate of drug-likeness (QED) is 0.127. The predicted octanol–water partition coefficient (Wildman–Crippen LogP) is 17.2. The molecule has 0 fully saturated rings. The molecule has 12 rings (SSSR count). The summed E-state index contributed by atoms with van der Waals surface area (Å²) in [5, 5.41) is 5.12. The van der Waals surface area contributed by atoms with Crippen LogP contribution in [0.15, 0.2) is 231 Å². The van der Waals surface area contributed by atoms with Crippen LogP contribution in [0.2, 0.25) is 13.1 Å². The van der Waals surface area contributed by atoms with Gasteiger partial charge in [-0.1, -0.05) is 0 Å². The molecule has 2 unspecified atom stereocenters. The molecule has 313 valence electrons. The van der Waals surface area contributed by atoms with Gasteiger partial charge in [0.1, 0.15) is 0 Å². The second-order valence-electron chi connectivity index (χ2n) is 18.2. The molecule has 2 aliphatic rings. The normalized spacial score (nSPS) is 15.1. The van der Waals surface area contributed by atoms with Crippen LogP contribution >= 0.6 is 0 Å². The van der Waals surface area contributed by atoms with E-state index in [1.54, 1.807) is 0 Å². The van der Waals surface area contributed by atoms with E-state index in [1.165, 1.54) is 111 Å². The third-order valence-corrected chi connectivity index (χ3v) is 35.7. The molecule has 0 spiro atoms. The first-order valence-electron chi connectivity index (χ1n) is 23.4. The van der Waals surface area contributed by atoms with Crippen molar-refractivity contribution in [1.82, 2.24) is 0 Å². The Balaban J connectivity index is 1.06. The van der Waals surface area contributed by atoms with Crippen molar-refractivity contribution in [1.29, 1.82) is 0 Å². The van der Waals surface area contributed by atoms with E-state index in [4.69, 9.17) is 0 Å². The maximum atomic E-state index is 2.69. The Bertz CT molecular complexity index is 3280.